The smallest absolute Gasteiger partial charge is 0.124 e. The molecule has 1 saturated heterocycles. The van der Waals surface area contributed by atoms with Crippen LogP contribution in [0.3, 0.4) is 0 Å². The molecule has 0 bridgehead atoms. The summed E-state index contributed by atoms with van der Waals surface area (Å²) in [7, 11) is 3.93. The number of nitrogens with zero attached hydrogens (tertiary/aromatic N) is 1. The fourth-order valence-corrected chi connectivity index (χ4v) is 3.16. The van der Waals surface area contributed by atoms with Crippen LogP contribution in [0.5, 0.6) is 5.75 Å². The molecule has 0 amide bonds. The highest BCUT2D eigenvalue weighted by Gasteiger charge is 2.30. The van der Waals surface area contributed by atoms with Crippen LogP contribution in [-0.2, 0) is 0 Å². The summed E-state index contributed by atoms with van der Waals surface area (Å²) in [6.07, 6.45) is 1.16. The van der Waals surface area contributed by atoms with Crippen LogP contribution >= 0.6 is 0 Å². The molecule has 1 aliphatic heterocycles. The number of hydrogen-bond donors (Lipinski definition) is 1. The number of ether oxygens (including phenoxy) is 1. The van der Waals surface area contributed by atoms with E-state index < -0.39 is 0 Å². The van der Waals surface area contributed by atoms with Crippen molar-refractivity contribution >= 4 is 0 Å². The van der Waals surface area contributed by atoms with E-state index in [9.17, 15) is 0 Å². The molecule has 3 heteroatoms. The molecule has 1 aromatic carbocycles. The highest BCUT2D eigenvalue weighted by atomic mass is 16.5. The lowest BCUT2D eigenvalue weighted by Crippen LogP contribution is -2.20. The van der Waals surface area contributed by atoms with Gasteiger partial charge < -0.3 is 10.5 Å². The van der Waals surface area contributed by atoms with E-state index in [1.165, 1.54) is 16.7 Å². The number of rotatable bonds is 3. The van der Waals surface area contributed by atoms with Gasteiger partial charge in [0, 0.05) is 12.6 Å². The molecule has 0 saturated carbocycles. The quantitative estimate of drug-likeness (QED) is 0.891. The summed E-state index contributed by atoms with van der Waals surface area (Å²) < 4.78 is 5.43. The Morgan fingerprint density at radius 2 is 1.94 bits per heavy atom. The first-order valence-corrected chi connectivity index (χ1v) is 6.62. The Morgan fingerprint density at radius 1 is 1.33 bits per heavy atom. The molecular weight excluding hydrogens is 224 g/mol. The van der Waals surface area contributed by atoms with Gasteiger partial charge in [-0.15, -0.1) is 0 Å². The van der Waals surface area contributed by atoms with Crippen molar-refractivity contribution in [2.24, 2.45) is 11.7 Å². The molecule has 0 aromatic heterocycles. The second-order valence-electron chi connectivity index (χ2n) is 5.48. The highest BCUT2D eigenvalue weighted by Crippen LogP contribution is 2.36. The van der Waals surface area contributed by atoms with Gasteiger partial charge in [-0.05, 0) is 56.5 Å². The minimum atomic E-state index is 0.502. The van der Waals surface area contributed by atoms with Crippen LogP contribution < -0.4 is 10.5 Å². The fourth-order valence-electron chi connectivity index (χ4n) is 3.16. The molecule has 3 nitrogen and oxygen atoms in total. The normalized spacial score (nSPS) is 24.5. The second kappa shape index (κ2) is 5.29. The molecule has 2 rings (SSSR count). The maximum absolute atomic E-state index is 5.80. The Labute approximate surface area is 110 Å². The average molecular weight is 248 g/mol. The molecule has 100 valence electrons. The van der Waals surface area contributed by atoms with E-state index in [4.69, 9.17) is 10.5 Å². The summed E-state index contributed by atoms with van der Waals surface area (Å²) in [5, 5.41) is 0. The van der Waals surface area contributed by atoms with Gasteiger partial charge in [-0.1, -0.05) is 12.1 Å². The van der Waals surface area contributed by atoms with E-state index in [-0.39, 0.29) is 0 Å². The minimum Gasteiger partial charge on any atom is -0.496 e. The molecule has 1 aromatic rings. The first-order chi connectivity index (χ1) is 8.56. The standard InChI is InChI=1S/C15H24N2O/c1-10-5-13(6-11(2)15(10)18-4)14-7-12(8-16)9-17(14)3/h5-6,12,14H,7-9,16H2,1-4H3. The van der Waals surface area contributed by atoms with Gasteiger partial charge in [0.15, 0.2) is 0 Å². The van der Waals surface area contributed by atoms with E-state index in [0.717, 1.165) is 25.3 Å². The maximum atomic E-state index is 5.80. The van der Waals surface area contributed by atoms with Gasteiger partial charge in [-0.2, -0.15) is 0 Å². The molecule has 1 aliphatic rings. The number of nitrogens with two attached hydrogens (primary N) is 1. The van der Waals surface area contributed by atoms with Gasteiger partial charge in [-0.25, -0.2) is 0 Å². The maximum Gasteiger partial charge on any atom is 0.124 e. The van der Waals surface area contributed by atoms with Crippen LogP contribution in [0.15, 0.2) is 12.1 Å². The summed E-state index contributed by atoms with van der Waals surface area (Å²) >= 11 is 0. The number of methoxy groups -OCH3 is 1. The van der Waals surface area contributed by atoms with Crippen LogP contribution in [0.4, 0.5) is 0 Å². The summed E-state index contributed by atoms with van der Waals surface area (Å²) in [5.74, 6) is 1.64. The van der Waals surface area contributed by atoms with Crippen LogP contribution in [0.1, 0.15) is 29.2 Å². The van der Waals surface area contributed by atoms with Gasteiger partial charge >= 0.3 is 0 Å². The third-order valence-corrected chi connectivity index (χ3v) is 4.04. The topological polar surface area (TPSA) is 38.5 Å². The molecule has 0 aliphatic carbocycles. The summed E-state index contributed by atoms with van der Waals surface area (Å²) in [6.45, 7) is 6.12. The van der Waals surface area contributed by atoms with Gasteiger partial charge in [0.05, 0.1) is 7.11 Å². The lowest BCUT2D eigenvalue weighted by Gasteiger charge is -2.21. The molecule has 2 N–H and O–H groups in total. The zero-order chi connectivity index (χ0) is 13.3. The van der Waals surface area contributed by atoms with Crippen LogP contribution in [0.25, 0.3) is 0 Å². The Morgan fingerprint density at radius 3 is 2.39 bits per heavy atom. The van der Waals surface area contributed by atoms with E-state index in [1.54, 1.807) is 7.11 Å². The summed E-state index contributed by atoms with van der Waals surface area (Å²) in [6, 6.07) is 5.01. The Balaban J connectivity index is 2.29. The molecule has 1 heterocycles. The number of benzene rings is 1. The molecule has 0 spiro atoms. The summed E-state index contributed by atoms with van der Waals surface area (Å²) in [5.41, 5.74) is 9.63. The van der Waals surface area contributed by atoms with Crippen LogP contribution in [0.2, 0.25) is 0 Å². The SMILES string of the molecule is COc1c(C)cc(C2CC(CN)CN2C)cc1C. The monoisotopic (exact) mass is 248 g/mol. The van der Waals surface area contributed by atoms with Gasteiger partial charge in [0.1, 0.15) is 5.75 Å². The Kier molecular flexibility index (Phi) is 3.93. The minimum absolute atomic E-state index is 0.502. The molecular formula is C15H24N2O. The third kappa shape index (κ3) is 2.38. The van der Waals surface area contributed by atoms with Crippen LogP contribution in [0, 0.1) is 19.8 Å². The first-order valence-electron chi connectivity index (χ1n) is 6.62. The van der Waals surface area contributed by atoms with Crippen molar-refractivity contribution in [3.63, 3.8) is 0 Å². The van der Waals surface area contributed by atoms with Crippen molar-refractivity contribution in [3.05, 3.63) is 28.8 Å². The van der Waals surface area contributed by atoms with Crippen molar-refractivity contribution in [1.29, 1.82) is 0 Å². The number of likely N-dealkylation sites (tertiary alicyclic amines) is 1. The van der Waals surface area contributed by atoms with E-state index in [2.05, 4.69) is 37.9 Å². The predicted octanol–water partition coefficient (Wildman–Crippen LogP) is 2.26. The van der Waals surface area contributed by atoms with Crippen LogP contribution in [-0.4, -0.2) is 32.1 Å². The largest absolute Gasteiger partial charge is 0.496 e. The lowest BCUT2D eigenvalue weighted by atomic mass is 9.96. The molecule has 2 unspecified atom stereocenters. The zero-order valence-corrected chi connectivity index (χ0v) is 11.9. The number of aryl methyl sites for hydroxylation is 2. The van der Waals surface area contributed by atoms with Crippen molar-refractivity contribution in [2.75, 3.05) is 27.2 Å². The molecule has 18 heavy (non-hydrogen) atoms. The van der Waals surface area contributed by atoms with Crippen molar-refractivity contribution in [3.8, 4) is 5.75 Å². The highest BCUT2D eigenvalue weighted by molar-refractivity contribution is 5.44. The Hall–Kier alpha value is -1.06. The second-order valence-corrected chi connectivity index (χ2v) is 5.48. The zero-order valence-electron chi connectivity index (χ0n) is 11.9. The summed E-state index contributed by atoms with van der Waals surface area (Å²) in [4.78, 5) is 2.41. The average Bonchev–Trinajstić information content (AvgIpc) is 2.70. The first kappa shape index (κ1) is 13.4. The van der Waals surface area contributed by atoms with E-state index >= 15 is 0 Å². The van der Waals surface area contributed by atoms with E-state index in [1.807, 2.05) is 0 Å². The lowest BCUT2D eigenvalue weighted by molar-refractivity contribution is 0.313. The molecule has 2 atom stereocenters. The van der Waals surface area contributed by atoms with Crippen molar-refractivity contribution in [2.45, 2.75) is 26.3 Å². The number of hydrogen-bond acceptors (Lipinski definition) is 3. The predicted molar refractivity (Wildman–Crippen MR) is 75.0 cm³/mol. The van der Waals surface area contributed by atoms with Crippen molar-refractivity contribution in [1.82, 2.24) is 4.90 Å². The third-order valence-electron chi connectivity index (χ3n) is 4.04. The Bertz CT molecular complexity index is 407. The van der Waals surface area contributed by atoms with E-state index in [0.29, 0.717) is 12.0 Å². The van der Waals surface area contributed by atoms with Crippen molar-refractivity contribution < 1.29 is 4.74 Å². The molecule has 1 fully saturated rings. The van der Waals surface area contributed by atoms with Gasteiger partial charge in [0.25, 0.3) is 0 Å². The fraction of sp³-hybridized carbons (Fsp3) is 0.600. The van der Waals surface area contributed by atoms with Gasteiger partial charge in [-0.3, -0.25) is 4.90 Å². The van der Waals surface area contributed by atoms with Gasteiger partial charge in [0.2, 0.25) is 0 Å². The molecule has 0 radical (unpaired) electrons.